The van der Waals surface area contributed by atoms with E-state index in [1.54, 1.807) is 0 Å². The van der Waals surface area contributed by atoms with Crippen LogP contribution in [0.4, 0.5) is 5.82 Å². The summed E-state index contributed by atoms with van der Waals surface area (Å²) in [6.45, 7) is 3.67. The molecule has 0 atom stereocenters. The smallest absolute Gasteiger partial charge is 0.270 e. The molecule has 0 unspecified atom stereocenters. The van der Waals surface area contributed by atoms with Crippen molar-refractivity contribution in [3.63, 3.8) is 0 Å². The molecule has 1 heterocycles. The molecule has 4 nitrogen and oxygen atoms in total. The number of benzene rings is 2. The summed E-state index contributed by atoms with van der Waals surface area (Å²) in [5, 5.41) is 8.11. The summed E-state index contributed by atoms with van der Waals surface area (Å²) in [6, 6.07) is 21.4. The lowest BCUT2D eigenvalue weighted by atomic mass is 9.68. The molecule has 1 aromatic heterocycles. The van der Waals surface area contributed by atoms with Crippen molar-refractivity contribution in [3.05, 3.63) is 102 Å². The van der Waals surface area contributed by atoms with Gasteiger partial charge in [-0.25, -0.2) is 0 Å². The highest BCUT2D eigenvalue weighted by Gasteiger charge is 2.38. The van der Waals surface area contributed by atoms with E-state index < -0.39 is 0 Å². The highest BCUT2D eigenvalue weighted by atomic mass is 16.2. The fourth-order valence-corrected chi connectivity index (χ4v) is 4.19. The van der Waals surface area contributed by atoms with Crippen molar-refractivity contribution in [2.24, 2.45) is 0 Å². The maximum absolute atomic E-state index is 12.6. The number of aromatic nitrogens is 2. The zero-order valence-corrected chi connectivity index (χ0v) is 16.2. The largest absolute Gasteiger partial charge is 0.365 e. The molecule has 0 aliphatic heterocycles. The van der Waals surface area contributed by atoms with Gasteiger partial charge in [-0.15, -0.1) is 5.10 Å². The van der Waals surface area contributed by atoms with Crippen LogP contribution in [0.1, 0.15) is 40.0 Å². The van der Waals surface area contributed by atoms with Crippen molar-refractivity contribution in [2.75, 3.05) is 5.32 Å². The molecule has 1 saturated carbocycles. The molecular weight excluding hydrogens is 358 g/mol. The highest BCUT2D eigenvalue weighted by Crippen LogP contribution is 2.43. The lowest BCUT2D eigenvalue weighted by Crippen LogP contribution is -2.32. The molecule has 1 fully saturated rings. The molecule has 5 rings (SSSR count). The van der Waals surface area contributed by atoms with Crippen molar-refractivity contribution >= 4 is 17.8 Å². The van der Waals surface area contributed by atoms with Crippen molar-refractivity contribution in [1.29, 1.82) is 0 Å². The fraction of sp³-hybridized carbons (Fsp3) is 0.200. The summed E-state index contributed by atoms with van der Waals surface area (Å²) in [7, 11) is 0. The summed E-state index contributed by atoms with van der Waals surface area (Å²) < 4.78 is 1.52. The summed E-state index contributed by atoms with van der Waals surface area (Å²) in [4.78, 5) is 12.6. The van der Waals surface area contributed by atoms with Crippen LogP contribution in [0.5, 0.6) is 0 Å². The second-order valence-electron chi connectivity index (χ2n) is 7.80. The number of rotatable bonds is 5. The van der Waals surface area contributed by atoms with Crippen molar-refractivity contribution in [3.8, 4) is 0 Å². The standard InChI is InChI=1S/C25H23N3O/c1-2-23(29)28-22-17-25(18-9-5-3-6-10-18,19-11-7-4-8-12-19)16-15-21(22)24(27-28)26-20-13-14-20/h2-12,15-16,20H,1,13-14,17H2,(H,26,27). The number of hydrogen-bond acceptors (Lipinski definition) is 3. The Labute approximate surface area is 170 Å². The van der Waals surface area contributed by atoms with Gasteiger partial charge in [0, 0.05) is 23.4 Å². The number of nitrogens with one attached hydrogen (secondary N) is 1. The second-order valence-corrected chi connectivity index (χ2v) is 7.80. The van der Waals surface area contributed by atoms with Gasteiger partial charge in [-0.1, -0.05) is 79.4 Å². The number of carbonyl (C=O) groups is 1. The Kier molecular flexibility index (Phi) is 4.20. The van der Waals surface area contributed by atoms with Gasteiger partial charge in [0.25, 0.3) is 5.91 Å². The summed E-state index contributed by atoms with van der Waals surface area (Å²) >= 11 is 0. The molecule has 29 heavy (non-hydrogen) atoms. The number of nitrogens with zero attached hydrogens (tertiary/aromatic N) is 2. The van der Waals surface area contributed by atoms with E-state index in [-0.39, 0.29) is 11.3 Å². The van der Waals surface area contributed by atoms with Crippen molar-refractivity contribution in [1.82, 2.24) is 9.78 Å². The van der Waals surface area contributed by atoms with E-state index in [0.717, 1.165) is 29.9 Å². The van der Waals surface area contributed by atoms with E-state index in [4.69, 9.17) is 0 Å². The summed E-state index contributed by atoms with van der Waals surface area (Å²) in [6.07, 6.45) is 8.69. The maximum atomic E-state index is 12.6. The van der Waals surface area contributed by atoms with Crippen LogP contribution in [-0.2, 0) is 11.8 Å². The molecule has 2 aliphatic rings. The molecule has 1 N–H and O–H groups in total. The number of hydrogen-bond donors (Lipinski definition) is 1. The van der Waals surface area contributed by atoms with Gasteiger partial charge in [0.2, 0.25) is 0 Å². The molecule has 0 amide bonds. The Morgan fingerprint density at radius 3 is 2.24 bits per heavy atom. The van der Waals surface area contributed by atoms with Gasteiger partial charge >= 0.3 is 0 Å². The highest BCUT2D eigenvalue weighted by molar-refractivity contribution is 5.91. The molecule has 0 spiro atoms. The Hall–Kier alpha value is -3.40. The minimum absolute atomic E-state index is 0.199. The van der Waals surface area contributed by atoms with E-state index in [1.165, 1.54) is 21.9 Å². The van der Waals surface area contributed by atoms with E-state index >= 15 is 0 Å². The predicted molar refractivity (Wildman–Crippen MR) is 116 cm³/mol. The lowest BCUT2D eigenvalue weighted by Gasteiger charge is -2.35. The molecule has 2 aromatic carbocycles. The Balaban J connectivity index is 1.69. The SMILES string of the molecule is C=CC(=O)n1nc(NC2CC2)c2c1CC(c1ccccc1)(c1ccccc1)C=C2. The third-order valence-electron chi connectivity index (χ3n) is 5.88. The molecule has 3 aromatic rings. The second kappa shape index (κ2) is 6.89. The first kappa shape index (κ1) is 17.7. The zero-order chi connectivity index (χ0) is 19.8. The lowest BCUT2D eigenvalue weighted by molar-refractivity contribution is 0.0950. The third-order valence-corrected chi connectivity index (χ3v) is 5.88. The maximum Gasteiger partial charge on any atom is 0.270 e. The Morgan fingerprint density at radius 2 is 1.69 bits per heavy atom. The van der Waals surface area contributed by atoms with Crippen LogP contribution in [-0.4, -0.2) is 21.7 Å². The molecule has 144 valence electrons. The third kappa shape index (κ3) is 3.01. The van der Waals surface area contributed by atoms with Gasteiger partial charge in [0.1, 0.15) is 0 Å². The van der Waals surface area contributed by atoms with Crippen molar-refractivity contribution < 1.29 is 4.79 Å². The van der Waals surface area contributed by atoms with Gasteiger partial charge in [0.15, 0.2) is 5.82 Å². The van der Waals surface area contributed by atoms with Crippen LogP contribution in [0, 0.1) is 0 Å². The van der Waals surface area contributed by atoms with Crippen LogP contribution in [0.25, 0.3) is 6.08 Å². The van der Waals surface area contributed by atoms with E-state index in [2.05, 4.69) is 77.7 Å². The minimum atomic E-state index is -0.356. The number of anilines is 1. The van der Waals surface area contributed by atoms with Gasteiger partial charge < -0.3 is 5.32 Å². The van der Waals surface area contributed by atoms with Crippen LogP contribution < -0.4 is 5.32 Å². The fourth-order valence-electron chi connectivity index (χ4n) is 4.19. The summed E-state index contributed by atoms with van der Waals surface area (Å²) in [5.41, 5.74) is 3.97. The van der Waals surface area contributed by atoms with Crippen LogP contribution in [0.2, 0.25) is 0 Å². The first-order valence-corrected chi connectivity index (χ1v) is 10.1. The number of fused-ring (bicyclic) bond motifs is 1. The normalized spacial score (nSPS) is 16.8. The van der Waals surface area contributed by atoms with Crippen LogP contribution in [0.15, 0.2) is 79.4 Å². The van der Waals surface area contributed by atoms with Crippen LogP contribution in [0.3, 0.4) is 0 Å². The van der Waals surface area contributed by atoms with Crippen LogP contribution >= 0.6 is 0 Å². The minimum Gasteiger partial charge on any atom is -0.365 e. The molecule has 0 saturated heterocycles. The zero-order valence-electron chi connectivity index (χ0n) is 16.2. The van der Waals surface area contributed by atoms with Gasteiger partial charge in [-0.2, -0.15) is 4.68 Å². The Morgan fingerprint density at radius 1 is 1.07 bits per heavy atom. The molecule has 4 heteroatoms. The number of carbonyl (C=O) groups excluding carboxylic acids is 1. The first-order chi connectivity index (χ1) is 14.2. The number of allylic oxidation sites excluding steroid dienone is 2. The quantitative estimate of drug-likeness (QED) is 0.644. The average Bonchev–Trinajstić information content (AvgIpc) is 3.54. The Bertz CT molecular complexity index is 1050. The predicted octanol–water partition coefficient (Wildman–Crippen LogP) is 4.84. The molecular formula is C25H23N3O. The molecule has 0 bridgehead atoms. The van der Waals surface area contributed by atoms with E-state index in [9.17, 15) is 4.79 Å². The first-order valence-electron chi connectivity index (χ1n) is 10.1. The van der Waals surface area contributed by atoms with Gasteiger partial charge in [-0.3, -0.25) is 4.79 Å². The van der Waals surface area contributed by atoms with E-state index in [0.29, 0.717) is 12.5 Å². The monoisotopic (exact) mass is 381 g/mol. The average molecular weight is 381 g/mol. The van der Waals surface area contributed by atoms with Gasteiger partial charge in [0.05, 0.1) is 5.69 Å². The van der Waals surface area contributed by atoms with Gasteiger partial charge in [-0.05, 0) is 30.0 Å². The van der Waals surface area contributed by atoms with Crippen molar-refractivity contribution in [2.45, 2.75) is 30.7 Å². The van der Waals surface area contributed by atoms with E-state index in [1.807, 2.05) is 12.1 Å². The molecule has 2 aliphatic carbocycles. The molecule has 0 radical (unpaired) electrons. The summed E-state index contributed by atoms with van der Waals surface area (Å²) in [5.74, 6) is 0.596. The topological polar surface area (TPSA) is 46.9 Å².